The molecule has 1 atom stereocenters. The molecule has 0 bridgehead atoms. The van der Waals surface area contributed by atoms with Gasteiger partial charge in [0.25, 0.3) is 0 Å². The van der Waals surface area contributed by atoms with Crippen LogP contribution in [-0.2, 0) is 16.0 Å². The molecule has 0 aliphatic rings. The van der Waals surface area contributed by atoms with Gasteiger partial charge in [-0.2, -0.15) is 13.2 Å². The van der Waals surface area contributed by atoms with Crippen molar-refractivity contribution in [2.45, 2.75) is 29.0 Å². The highest BCUT2D eigenvalue weighted by Gasteiger charge is 2.37. The fourth-order valence-electron chi connectivity index (χ4n) is 1.55. The van der Waals surface area contributed by atoms with Gasteiger partial charge in [0, 0.05) is 4.90 Å². The Labute approximate surface area is 124 Å². The van der Waals surface area contributed by atoms with Gasteiger partial charge in [-0.05, 0) is 49.1 Å². The summed E-state index contributed by atoms with van der Waals surface area (Å²) in [6.45, 7) is 1.64. The quantitative estimate of drug-likeness (QED) is 0.580. The van der Waals surface area contributed by atoms with Crippen LogP contribution in [0.2, 0.25) is 0 Å². The fourth-order valence-corrected chi connectivity index (χ4v) is 2.72. The van der Waals surface area contributed by atoms with Crippen LogP contribution in [0.4, 0.5) is 13.2 Å². The summed E-state index contributed by atoms with van der Waals surface area (Å²) in [6.07, 6.45) is 1.91. The van der Waals surface area contributed by atoms with Crippen molar-refractivity contribution in [2.24, 2.45) is 0 Å². The van der Waals surface area contributed by atoms with E-state index in [0.717, 1.165) is 4.90 Å². The van der Waals surface area contributed by atoms with E-state index in [9.17, 15) is 18.0 Å². The highest BCUT2D eigenvalue weighted by atomic mass is 32.2. The van der Waals surface area contributed by atoms with Crippen LogP contribution in [-0.4, -0.2) is 29.6 Å². The zero-order valence-corrected chi connectivity index (χ0v) is 12.7. The molecule has 1 aromatic rings. The number of hydrogen-bond donors (Lipinski definition) is 0. The molecule has 0 heterocycles. The number of benzene rings is 1. The monoisotopic (exact) mass is 324 g/mol. The van der Waals surface area contributed by atoms with E-state index in [4.69, 9.17) is 4.74 Å². The summed E-state index contributed by atoms with van der Waals surface area (Å²) in [5.74, 6) is -0.830. The van der Waals surface area contributed by atoms with Gasteiger partial charge in [0.2, 0.25) is 0 Å². The molecule has 2 nitrogen and oxygen atoms in total. The van der Waals surface area contributed by atoms with E-state index in [1.807, 2.05) is 18.4 Å². The number of ether oxygens (including phenoxy) is 1. The molecule has 0 fully saturated rings. The highest BCUT2D eigenvalue weighted by molar-refractivity contribution is 8.01. The molecule has 0 aliphatic heterocycles. The molecule has 0 radical (unpaired) electrons. The van der Waals surface area contributed by atoms with Crippen LogP contribution in [0.5, 0.6) is 0 Å². The lowest BCUT2D eigenvalue weighted by Gasteiger charge is -2.16. The second-order valence-corrected chi connectivity index (χ2v) is 6.00. The third-order valence-electron chi connectivity index (χ3n) is 2.41. The third kappa shape index (κ3) is 6.09. The van der Waals surface area contributed by atoms with Gasteiger partial charge >= 0.3 is 11.5 Å². The van der Waals surface area contributed by atoms with Crippen LogP contribution in [0.15, 0.2) is 29.2 Å². The van der Waals surface area contributed by atoms with Crippen LogP contribution in [0.3, 0.4) is 0 Å². The largest absolute Gasteiger partial charge is 0.465 e. The molecule has 1 unspecified atom stereocenters. The van der Waals surface area contributed by atoms with Crippen molar-refractivity contribution in [3.8, 4) is 0 Å². The van der Waals surface area contributed by atoms with E-state index in [2.05, 4.69) is 0 Å². The molecule has 1 aromatic carbocycles. The second kappa shape index (κ2) is 7.83. The molecule has 1 rings (SSSR count). The van der Waals surface area contributed by atoms with E-state index in [1.165, 1.54) is 0 Å². The number of thioether (sulfide) groups is 2. The van der Waals surface area contributed by atoms with Gasteiger partial charge in [0.15, 0.2) is 0 Å². The minimum atomic E-state index is -4.46. The van der Waals surface area contributed by atoms with Gasteiger partial charge in [-0.25, -0.2) is 0 Å². The fraction of sp³-hybridized carbons (Fsp3) is 0.462. The molecule has 0 N–H and O–H groups in total. The number of carbonyl (C=O) groups excluding carboxylic acids is 1. The first-order chi connectivity index (χ1) is 9.35. The Balaban J connectivity index is 2.79. The van der Waals surface area contributed by atoms with Crippen molar-refractivity contribution in [3.05, 3.63) is 29.8 Å². The van der Waals surface area contributed by atoms with Crippen molar-refractivity contribution in [2.75, 3.05) is 12.9 Å². The maximum absolute atomic E-state index is 12.5. The summed E-state index contributed by atoms with van der Waals surface area (Å²) in [7, 11) is 0. The highest BCUT2D eigenvalue weighted by Crippen LogP contribution is 2.36. The number of hydrogen-bond acceptors (Lipinski definition) is 4. The zero-order valence-electron chi connectivity index (χ0n) is 11.1. The SMILES string of the molecule is CCOC(=O)C(Cc1ccc(SC)cc1)SC(F)(F)F. The number of alkyl halides is 3. The molecule has 7 heteroatoms. The Bertz CT molecular complexity index is 432. The van der Waals surface area contributed by atoms with E-state index in [-0.39, 0.29) is 24.8 Å². The average molecular weight is 324 g/mol. The van der Waals surface area contributed by atoms with Crippen LogP contribution in [0.1, 0.15) is 12.5 Å². The van der Waals surface area contributed by atoms with Crippen LogP contribution < -0.4 is 0 Å². The van der Waals surface area contributed by atoms with E-state index < -0.39 is 16.7 Å². The van der Waals surface area contributed by atoms with Crippen LogP contribution >= 0.6 is 23.5 Å². The first kappa shape index (κ1) is 17.2. The average Bonchev–Trinajstić information content (AvgIpc) is 2.37. The van der Waals surface area contributed by atoms with Gasteiger partial charge in [0.05, 0.1) is 6.61 Å². The molecule has 0 amide bonds. The lowest BCUT2D eigenvalue weighted by atomic mass is 10.1. The topological polar surface area (TPSA) is 26.3 Å². The zero-order chi connectivity index (χ0) is 15.2. The maximum Gasteiger partial charge on any atom is 0.442 e. The first-order valence-corrected chi connectivity index (χ1v) is 8.00. The van der Waals surface area contributed by atoms with Gasteiger partial charge in [-0.1, -0.05) is 12.1 Å². The summed E-state index contributed by atoms with van der Waals surface area (Å²) in [5.41, 5.74) is -3.78. The van der Waals surface area contributed by atoms with Gasteiger partial charge in [-0.3, -0.25) is 4.79 Å². The van der Waals surface area contributed by atoms with Crippen molar-refractivity contribution >= 4 is 29.5 Å². The first-order valence-electron chi connectivity index (χ1n) is 5.90. The van der Waals surface area contributed by atoms with Crippen molar-refractivity contribution in [3.63, 3.8) is 0 Å². The predicted molar refractivity (Wildman–Crippen MR) is 76.0 cm³/mol. The molecule has 0 aromatic heterocycles. The normalized spacial score (nSPS) is 13.1. The molecule has 0 saturated heterocycles. The van der Waals surface area contributed by atoms with Crippen molar-refractivity contribution in [1.82, 2.24) is 0 Å². The van der Waals surface area contributed by atoms with Gasteiger partial charge in [-0.15, -0.1) is 11.8 Å². The molecule has 0 aliphatic carbocycles. The maximum atomic E-state index is 12.5. The van der Waals surface area contributed by atoms with E-state index in [1.54, 1.807) is 30.8 Å². The minimum absolute atomic E-state index is 0.00231. The number of halogens is 3. The Kier molecular flexibility index (Phi) is 6.75. The van der Waals surface area contributed by atoms with Crippen LogP contribution in [0.25, 0.3) is 0 Å². The van der Waals surface area contributed by atoms with E-state index in [0.29, 0.717) is 5.56 Å². The summed E-state index contributed by atoms with van der Waals surface area (Å²) in [5, 5.41) is -1.27. The van der Waals surface area contributed by atoms with Crippen molar-refractivity contribution in [1.29, 1.82) is 0 Å². The van der Waals surface area contributed by atoms with Crippen LogP contribution in [0, 0.1) is 0 Å². The number of esters is 1. The van der Waals surface area contributed by atoms with Gasteiger partial charge in [0.1, 0.15) is 5.25 Å². The summed E-state index contributed by atoms with van der Waals surface area (Å²) in [6, 6.07) is 7.10. The van der Waals surface area contributed by atoms with E-state index >= 15 is 0 Å². The standard InChI is InChI=1S/C13H15F3O2S2/c1-3-18-12(17)11(20-13(14,15)16)8-9-4-6-10(19-2)7-5-9/h4-7,11H,3,8H2,1-2H3. The Morgan fingerprint density at radius 1 is 1.30 bits per heavy atom. The Morgan fingerprint density at radius 2 is 1.90 bits per heavy atom. The molecular formula is C13H15F3O2S2. The summed E-state index contributed by atoms with van der Waals surface area (Å²) in [4.78, 5) is 12.6. The molecule has 20 heavy (non-hydrogen) atoms. The second-order valence-electron chi connectivity index (χ2n) is 3.86. The molecule has 0 spiro atoms. The summed E-state index contributed by atoms with van der Waals surface area (Å²) >= 11 is 1.22. The lowest BCUT2D eigenvalue weighted by Crippen LogP contribution is -2.26. The number of carbonyl (C=O) groups is 1. The number of rotatable bonds is 6. The summed E-state index contributed by atoms with van der Waals surface area (Å²) < 4.78 is 42.1. The Morgan fingerprint density at radius 3 is 2.35 bits per heavy atom. The molecular weight excluding hydrogens is 309 g/mol. The predicted octanol–water partition coefficient (Wildman–Crippen LogP) is 4.14. The molecule has 0 saturated carbocycles. The van der Waals surface area contributed by atoms with Crippen molar-refractivity contribution < 1.29 is 22.7 Å². The smallest absolute Gasteiger partial charge is 0.442 e. The minimum Gasteiger partial charge on any atom is -0.465 e. The molecule has 112 valence electrons. The third-order valence-corrected chi connectivity index (χ3v) is 4.06. The van der Waals surface area contributed by atoms with Gasteiger partial charge < -0.3 is 4.74 Å². The lowest BCUT2D eigenvalue weighted by molar-refractivity contribution is -0.142. The Hall–Kier alpha value is -0.820.